The molecule has 0 saturated carbocycles. The number of hydrogen-bond donors (Lipinski definition) is 1. The average molecular weight is 261 g/mol. The summed E-state index contributed by atoms with van der Waals surface area (Å²) in [6.45, 7) is 2.93. The Morgan fingerprint density at radius 1 is 1.21 bits per heavy atom. The Bertz CT molecular complexity index is 543. The Morgan fingerprint density at radius 3 is 2.63 bits per heavy atom. The molecule has 0 aliphatic carbocycles. The Hall–Kier alpha value is -2.17. The van der Waals surface area contributed by atoms with Gasteiger partial charge in [-0.3, -0.25) is 0 Å². The number of benzene rings is 1. The molecular weight excluding hydrogens is 245 g/mol. The number of anilines is 1. The summed E-state index contributed by atoms with van der Waals surface area (Å²) in [5.74, 6) is 0.535. The lowest BCUT2D eigenvalue weighted by molar-refractivity contribution is 0.386. The zero-order chi connectivity index (χ0) is 13.7. The molecule has 0 saturated heterocycles. The molecule has 0 radical (unpaired) electrons. The van der Waals surface area contributed by atoms with E-state index in [9.17, 15) is 4.39 Å². The fraction of sp³-hybridized carbons (Fsp3) is 0.286. The number of nitrogens with zero attached hydrogens (tertiary/aromatic N) is 2. The van der Waals surface area contributed by atoms with E-state index in [1.54, 1.807) is 12.1 Å². The lowest BCUT2D eigenvalue weighted by Crippen LogP contribution is -2.02. The minimum Gasteiger partial charge on any atom is -0.494 e. The highest BCUT2D eigenvalue weighted by Crippen LogP contribution is 2.24. The first-order valence-electron chi connectivity index (χ1n) is 6.16. The van der Waals surface area contributed by atoms with E-state index >= 15 is 0 Å². The summed E-state index contributed by atoms with van der Waals surface area (Å²) in [5.41, 5.74) is 1.30. The van der Waals surface area contributed by atoms with Crippen LogP contribution in [0.25, 0.3) is 11.3 Å². The normalized spacial score (nSPS) is 10.3. The van der Waals surface area contributed by atoms with Gasteiger partial charge in [-0.05, 0) is 36.8 Å². The van der Waals surface area contributed by atoms with Gasteiger partial charge in [-0.15, -0.1) is 10.2 Å². The quantitative estimate of drug-likeness (QED) is 0.898. The summed E-state index contributed by atoms with van der Waals surface area (Å²) in [5, 5.41) is 11.3. The third kappa shape index (κ3) is 3.19. The molecule has 2 aromatic rings. The lowest BCUT2D eigenvalue weighted by atomic mass is 10.1. The molecule has 0 aliphatic rings. The summed E-state index contributed by atoms with van der Waals surface area (Å²) in [6.07, 6.45) is 1.02. The summed E-state index contributed by atoms with van der Waals surface area (Å²) < 4.78 is 18.5. The molecule has 0 bridgehead atoms. The fourth-order valence-corrected chi connectivity index (χ4v) is 1.66. The third-order valence-electron chi connectivity index (χ3n) is 2.67. The Morgan fingerprint density at radius 2 is 2.05 bits per heavy atom. The maximum absolute atomic E-state index is 13.6. The predicted octanol–water partition coefficient (Wildman–Crippen LogP) is 3.11. The van der Waals surface area contributed by atoms with Crippen LogP contribution in [0.5, 0.6) is 5.75 Å². The number of halogens is 1. The van der Waals surface area contributed by atoms with Crippen LogP contribution in [0.4, 0.5) is 10.2 Å². The molecule has 1 aromatic heterocycles. The van der Waals surface area contributed by atoms with E-state index in [1.165, 1.54) is 13.2 Å². The molecule has 0 spiro atoms. The van der Waals surface area contributed by atoms with Crippen molar-refractivity contribution in [3.8, 4) is 17.0 Å². The zero-order valence-corrected chi connectivity index (χ0v) is 11.0. The molecule has 5 heteroatoms. The van der Waals surface area contributed by atoms with E-state index in [-0.39, 0.29) is 5.75 Å². The Balaban J connectivity index is 2.19. The first-order valence-corrected chi connectivity index (χ1v) is 6.16. The van der Waals surface area contributed by atoms with Gasteiger partial charge in [0.05, 0.1) is 12.8 Å². The molecule has 0 unspecified atom stereocenters. The van der Waals surface area contributed by atoms with Crippen molar-refractivity contribution in [2.45, 2.75) is 13.3 Å². The van der Waals surface area contributed by atoms with E-state index in [1.807, 2.05) is 12.1 Å². The molecule has 19 heavy (non-hydrogen) atoms. The number of hydrogen-bond acceptors (Lipinski definition) is 4. The molecule has 1 heterocycles. The van der Waals surface area contributed by atoms with Gasteiger partial charge in [-0.25, -0.2) is 4.39 Å². The molecule has 0 aliphatic heterocycles. The van der Waals surface area contributed by atoms with Gasteiger partial charge < -0.3 is 10.1 Å². The van der Waals surface area contributed by atoms with Crippen LogP contribution in [0.1, 0.15) is 13.3 Å². The van der Waals surface area contributed by atoms with Crippen LogP contribution in [0.3, 0.4) is 0 Å². The third-order valence-corrected chi connectivity index (χ3v) is 2.67. The van der Waals surface area contributed by atoms with E-state index in [0.29, 0.717) is 11.3 Å². The van der Waals surface area contributed by atoms with Crippen molar-refractivity contribution in [3.63, 3.8) is 0 Å². The second kappa shape index (κ2) is 6.13. The first-order chi connectivity index (χ1) is 9.24. The van der Waals surface area contributed by atoms with Crippen LogP contribution >= 0.6 is 0 Å². The van der Waals surface area contributed by atoms with Crippen molar-refractivity contribution < 1.29 is 9.13 Å². The second-order valence-electron chi connectivity index (χ2n) is 4.08. The standard InChI is InChI=1S/C14H16FN3O/c1-3-8-16-14-7-5-12(17-18-14)10-4-6-13(19-2)11(15)9-10/h4-7,9H,3,8H2,1-2H3,(H,16,18). The first kappa shape index (κ1) is 13.3. The van der Waals surface area contributed by atoms with Crippen molar-refractivity contribution in [3.05, 3.63) is 36.1 Å². The minimum absolute atomic E-state index is 0.220. The van der Waals surface area contributed by atoms with Gasteiger partial charge >= 0.3 is 0 Å². The van der Waals surface area contributed by atoms with Crippen LogP contribution in [-0.4, -0.2) is 23.9 Å². The SMILES string of the molecule is CCCNc1ccc(-c2ccc(OC)c(F)c2)nn1. The van der Waals surface area contributed by atoms with E-state index < -0.39 is 5.82 Å². The van der Waals surface area contributed by atoms with E-state index in [4.69, 9.17) is 4.74 Å². The fourth-order valence-electron chi connectivity index (χ4n) is 1.66. The van der Waals surface area contributed by atoms with Crippen molar-refractivity contribution in [1.29, 1.82) is 0 Å². The number of nitrogens with one attached hydrogen (secondary N) is 1. The number of methoxy groups -OCH3 is 1. The predicted molar refractivity (Wildman–Crippen MR) is 72.8 cm³/mol. The summed E-state index contributed by atoms with van der Waals surface area (Å²) in [7, 11) is 1.44. The molecule has 1 aromatic carbocycles. The maximum atomic E-state index is 13.6. The average Bonchev–Trinajstić information content (AvgIpc) is 2.45. The number of aromatic nitrogens is 2. The molecule has 1 N–H and O–H groups in total. The van der Waals surface area contributed by atoms with Gasteiger partial charge in [0.25, 0.3) is 0 Å². The molecule has 2 rings (SSSR count). The monoisotopic (exact) mass is 261 g/mol. The lowest BCUT2D eigenvalue weighted by Gasteiger charge is -2.06. The maximum Gasteiger partial charge on any atom is 0.165 e. The molecular formula is C14H16FN3O. The van der Waals surface area contributed by atoms with E-state index in [0.717, 1.165) is 18.8 Å². The minimum atomic E-state index is -0.407. The molecule has 4 nitrogen and oxygen atoms in total. The highest BCUT2D eigenvalue weighted by molar-refractivity contribution is 5.60. The van der Waals surface area contributed by atoms with Crippen LogP contribution in [-0.2, 0) is 0 Å². The highest BCUT2D eigenvalue weighted by Gasteiger charge is 2.06. The molecule has 0 amide bonds. The Labute approximate surface area is 111 Å². The number of rotatable bonds is 5. The van der Waals surface area contributed by atoms with Gasteiger partial charge in [0, 0.05) is 12.1 Å². The van der Waals surface area contributed by atoms with Gasteiger partial charge in [-0.2, -0.15) is 0 Å². The van der Waals surface area contributed by atoms with Gasteiger partial charge in [0.1, 0.15) is 5.82 Å². The van der Waals surface area contributed by atoms with Crippen molar-refractivity contribution in [1.82, 2.24) is 10.2 Å². The summed E-state index contributed by atoms with van der Waals surface area (Å²) in [4.78, 5) is 0. The second-order valence-corrected chi connectivity index (χ2v) is 4.08. The van der Waals surface area contributed by atoms with Crippen molar-refractivity contribution >= 4 is 5.82 Å². The molecule has 100 valence electrons. The molecule has 0 fully saturated rings. The largest absolute Gasteiger partial charge is 0.494 e. The van der Waals surface area contributed by atoms with Crippen molar-refractivity contribution in [2.75, 3.05) is 19.0 Å². The van der Waals surface area contributed by atoms with Crippen LogP contribution in [0, 0.1) is 5.82 Å². The summed E-state index contributed by atoms with van der Waals surface area (Å²) in [6, 6.07) is 8.37. The van der Waals surface area contributed by atoms with Crippen molar-refractivity contribution in [2.24, 2.45) is 0 Å². The van der Waals surface area contributed by atoms with Gasteiger partial charge in [0.2, 0.25) is 0 Å². The van der Waals surface area contributed by atoms with E-state index in [2.05, 4.69) is 22.4 Å². The zero-order valence-electron chi connectivity index (χ0n) is 11.0. The van der Waals surface area contributed by atoms with Gasteiger partial charge in [-0.1, -0.05) is 6.92 Å². The van der Waals surface area contributed by atoms with Crippen LogP contribution in [0.2, 0.25) is 0 Å². The number of ether oxygens (including phenoxy) is 1. The summed E-state index contributed by atoms with van der Waals surface area (Å²) >= 11 is 0. The van der Waals surface area contributed by atoms with Gasteiger partial charge in [0.15, 0.2) is 11.6 Å². The molecule has 0 atom stereocenters. The van der Waals surface area contributed by atoms with Crippen LogP contribution < -0.4 is 10.1 Å². The van der Waals surface area contributed by atoms with Crippen LogP contribution in [0.15, 0.2) is 30.3 Å². The topological polar surface area (TPSA) is 47.0 Å². The smallest absolute Gasteiger partial charge is 0.165 e. The highest BCUT2D eigenvalue weighted by atomic mass is 19.1. The Kier molecular flexibility index (Phi) is 4.28.